The minimum absolute atomic E-state index is 0.0687. The highest BCUT2D eigenvalue weighted by molar-refractivity contribution is 5.97. The predicted molar refractivity (Wildman–Crippen MR) is 75.2 cm³/mol. The lowest BCUT2D eigenvalue weighted by molar-refractivity contribution is -0.120. The molecule has 20 heavy (non-hydrogen) atoms. The van der Waals surface area contributed by atoms with E-state index in [4.69, 9.17) is 5.73 Å². The first-order valence-corrected chi connectivity index (χ1v) is 7.02. The zero-order valence-electron chi connectivity index (χ0n) is 11.7. The second-order valence-corrected chi connectivity index (χ2v) is 5.03. The first kappa shape index (κ1) is 14.4. The highest BCUT2D eigenvalue weighted by Crippen LogP contribution is 2.42. The summed E-state index contributed by atoms with van der Waals surface area (Å²) in [6, 6.07) is 0. The van der Waals surface area contributed by atoms with Crippen LogP contribution in [0.3, 0.4) is 0 Å². The van der Waals surface area contributed by atoms with Gasteiger partial charge in [-0.2, -0.15) is 5.10 Å². The van der Waals surface area contributed by atoms with Crippen LogP contribution in [0, 0.1) is 0 Å². The zero-order chi connectivity index (χ0) is 14.5. The minimum atomic E-state index is -0.339. The number of rotatable bonds is 7. The molecule has 0 unspecified atom stereocenters. The Balaban J connectivity index is 1.78. The number of nitrogens with zero attached hydrogens (tertiary/aromatic N) is 1. The maximum Gasteiger partial charge on any atom is 0.273 e. The number of amides is 2. The van der Waals surface area contributed by atoms with Gasteiger partial charge in [-0.15, -0.1) is 0 Å². The van der Waals surface area contributed by atoms with Crippen LogP contribution in [-0.4, -0.2) is 35.1 Å². The van der Waals surface area contributed by atoms with Crippen LogP contribution in [-0.2, 0) is 4.79 Å². The molecule has 7 nitrogen and oxygen atoms in total. The molecule has 0 radical (unpaired) electrons. The highest BCUT2D eigenvalue weighted by Gasteiger charge is 2.30. The SMILES string of the molecule is CCCNC(=O)CCNC(=O)c1n[nH]c(C2CC2)c1N. The summed E-state index contributed by atoms with van der Waals surface area (Å²) >= 11 is 0. The van der Waals surface area contributed by atoms with Crippen molar-refractivity contribution in [1.29, 1.82) is 0 Å². The van der Waals surface area contributed by atoms with Crippen molar-refractivity contribution in [1.82, 2.24) is 20.8 Å². The van der Waals surface area contributed by atoms with Gasteiger partial charge in [0.2, 0.25) is 5.91 Å². The number of hydrogen-bond donors (Lipinski definition) is 4. The smallest absolute Gasteiger partial charge is 0.273 e. The highest BCUT2D eigenvalue weighted by atomic mass is 16.2. The molecule has 1 aromatic heterocycles. The molecule has 2 rings (SSSR count). The zero-order valence-corrected chi connectivity index (χ0v) is 11.7. The van der Waals surface area contributed by atoms with E-state index in [1.807, 2.05) is 6.92 Å². The molecule has 0 saturated heterocycles. The summed E-state index contributed by atoms with van der Waals surface area (Å²) in [4.78, 5) is 23.3. The van der Waals surface area contributed by atoms with E-state index in [9.17, 15) is 9.59 Å². The van der Waals surface area contributed by atoms with Crippen molar-refractivity contribution in [3.8, 4) is 0 Å². The fourth-order valence-corrected chi connectivity index (χ4v) is 1.95. The van der Waals surface area contributed by atoms with Crippen molar-refractivity contribution < 1.29 is 9.59 Å². The monoisotopic (exact) mass is 279 g/mol. The Morgan fingerprint density at radius 2 is 2.10 bits per heavy atom. The predicted octanol–water partition coefficient (Wildman–Crippen LogP) is 0.515. The number of H-pyrrole nitrogens is 1. The maximum atomic E-state index is 11.9. The van der Waals surface area contributed by atoms with Crippen LogP contribution >= 0.6 is 0 Å². The molecule has 0 atom stereocenters. The van der Waals surface area contributed by atoms with Crippen molar-refractivity contribution in [2.75, 3.05) is 18.8 Å². The Morgan fingerprint density at radius 3 is 2.75 bits per heavy atom. The number of anilines is 1. The van der Waals surface area contributed by atoms with Crippen LogP contribution in [0.5, 0.6) is 0 Å². The topological polar surface area (TPSA) is 113 Å². The van der Waals surface area contributed by atoms with Gasteiger partial charge in [-0.25, -0.2) is 0 Å². The molecule has 1 fully saturated rings. The molecule has 5 N–H and O–H groups in total. The van der Waals surface area contributed by atoms with Gasteiger partial charge in [0.1, 0.15) is 0 Å². The molecule has 1 aromatic rings. The number of nitrogen functional groups attached to an aromatic ring is 1. The molecule has 1 aliphatic rings. The Kier molecular flexibility index (Phi) is 4.60. The molecule has 1 heterocycles. The van der Waals surface area contributed by atoms with E-state index in [1.165, 1.54) is 0 Å². The number of nitrogens with two attached hydrogens (primary N) is 1. The van der Waals surface area contributed by atoms with E-state index < -0.39 is 0 Å². The van der Waals surface area contributed by atoms with Gasteiger partial charge in [-0.1, -0.05) is 6.92 Å². The van der Waals surface area contributed by atoms with Gasteiger partial charge in [0.25, 0.3) is 5.91 Å². The number of carbonyl (C=O) groups is 2. The number of aromatic amines is 1. The molecule has 7 heteroatoms. The molecule has 2 amide bonds. The van der Waals surface area contributed by atoms with Gasteiger partial charge in [0, 0.05) is 25.4 Å². The van der Waals surface area contributed by atoms with Crippen molar-refractivity contribution in [3.63, 3.8) is 0 Å². The minimum Gasteiger partial charge on any atom is -0.395 e. The molecular formula is C13H21N5O2. The summed E-state index contributed by atoms with van der Waals surface area (Å²) in [6.07, 6.45) is 3.33. The van der Waals surface area contributed by atoms with Crippen molar-refractivity contribution in [2.24, 2.45) is 0 Å². The Labute approximate surface area is 117 Å². The summed E-state index contributed by atoms with van der Waals surface area (Å²) in [5, 5.41) is 12.2. The maximum absolute atomic E-state index is 11.9. The number of aromatic nitrogens is 2. The van der Waals surface area contributed by atoms with E-state index >= 15 is 0 Å². The van der Waals surface area contributed by atoms with Crippen molar-refractivity contribution in [2.45, 2.75) is 38.5 Å². The molecule has 110 valence electrons. The first-order valence-electron chi connectivity index (χ1n) is 7.02. The molecule has 0 aromatic carbocycles. The summed E-state index contributed by atoms with van der Waals surface area (Å²) in [7, 11) is 0. The molecule has 0 bridgehead atoms. The van der Waals surface area contributed by atoms with Crippen molar-refractivity contribution in [3.05, 3.63) is 11.4 Å². The van der Waals surface area contributed by atoms with Gasteiger partial charge < -0.3 is 16.4 Å². The van der Waals surface area contributed by atoms with Gasteiger partial charge >= 0.3 is 0 Å². The fourth-order valence-electron chi connectivity index (χ4n) is 1.95. The van der Waals surface area contributed by atoms with E-state index in [0.717, 1.165) is 25.0 Å². The molecular weight excluding hydrogens is 258 g/mol. The number of nitrogens with one attached hydrogen (secondary N) is 3. The van der Waals surface area contributed by atoms with E-state index in [2.05, 4.69) is 20.8 Å². The Hall–Kier alpha value is -2.05. The van der Waals surface area contributed by atoms with Crippen LogP contribution in [0.4, 0.5) is 5.69 Å². The van der Waals surface area contributed by atoms with Gasteiger partial charge in [0.15, 0.2) is 5.69 Å². The third-order valence-corrected chi connectivity index (χ3v) is 3.24. The third kappa shape index (κ3) is 3.49. The largest absolute Gasteiger partial charge is 0.395 e. The van der Waals surface area contributed by atoms with Crippen LogP contribution in [0.15, 0.2) is 0 Å². The average Bonchev–Trinajstić information content (AvgIpc) is 3.19. The normalized spacial score (nSPS) is 14.1. The van der Waals surface area contributed by atoms with Crippen molar-refractivity contribution >= 4 is 17.5 Å². The first-order chi connectivity index (χ1) is 9.63. The molecule has 0 aliphatic heterocycles. The van der Waals surface area contributed by atoms with E-state index in [0.29, 0.717) is 18.2 Å². The van der Waals surface area contributed by atoms with E-state index in [1.54, 1.807) is 0 Å². The van der Waals surface area contributed by atoms with Crippen LogP contribution in [0.1, 0.15) is 54.7 Å². The summed E-state index contributed by atoms with van der Waals surface area (Å²) in [5.74, 6) is 0.0126. The summed E-state index contributed by atoms with van der Waals surface area (Å²) < 4.78 is 0. The van der Waals surface area contributed by atoms with Gasteiger partial charge in [0.05, 0.1) is 11.4 Å². The average molecular weight is 279 g/mol. The lowest BCUT2D eigenvalue weighted by Gasteiger charge is -2.05. The number of hydrogen-bond acceptors (Lipinski definition) is 4. The van der Waals surface area contributed by atoms with Crippen LogP contribution in [0.25, 0.3) is 0 Å². The lowest BCUT2D eigenvalue weighted by Crippen LogP contribution is -2.31. The standard InChI is InChI=1S/C13H21N5O2/c1-2-6-15-9(19)5-7-16-13(20)12-10(14)11(17-18-12)8-3-4-8/h8H,2-7,14H2,1H3,(H,15,19)(H,16,20)(H,17,18). The quantitative estimate of drug-likeness (QED) is 0.582. The Morgan fingerprint density at radius 1 is 1.35 bits per heavy atom. The van der Waals surface area contributed by atoms with Crippen LogP contribution < -0.4 is 16.4 Å². The summed E-state index contributed by atoms with van der Waals surface area (Å²) in [5.41, 5.74) is 7.42. The molecule has 1 aliphatic carbocycles. The van der Waals surface area contributed by atoms with Crippen LogP contribution in [0.2, 0.25) is 0 Å². The third-order valence-electron chi connectivity index (χ3n) is 3.24. The summed E-state index contributed by atoms with van der Waals surface area (Å²) in [6.45, 7) is 2.92. The Bertz CT molecular complexity index is 493. The molecule has 1 saturated carbocycles. The number of carbonyl (C=O) groups excluding carboxylic acids is 2. The molecule has 0 spiro atoms. The second-order valence-electron chi connectivity index (χ2n) is 5.03. The van der Waals surface area contributed by atoms with E-state index in [-0.39, 0.29) is 30.5 Å². The fraction of sp³-hybridized carbons (Fsp3) is 0.615. The second kappa shape index (κ2) is 6.40. The van der Waals surface area contributed by atoms with Gasteiger partial charge in [-0.3, -0.25) is 14.7 Å². The van der Waals surface area contributed by atoms with Gasteiger partial charge in [-0.05, 0) is 19.3 Å². The lowest BCUT2D eigenvalue weighted by atomic mass is 10.2.